The molecule has 1 N–H and O–H groups in total. The second-order valence-corrected chi connectivity index (χ2v) is 12.9. The number of methoxy groups -OCH3 is 1. The smallest absolute Gasteiger partial charge is 0.264 e. The molecule has 4 aromatic carbocycles. The molecule has 9 heteroatoms. The van der Waals surface area contributed by atoms with Crippen LogP contribution in [0.25, 0.3) is 0 Å². The quantitative estimate of drug-likeness (QED) is 0.151. The number of nitrogens with zero attached hydrogens (tertiary/aromatic N) is 2. The molecule has 0 radical (unpaired) electrons. The molecule has 0 unspecified atom stereocenters. The maximum atomic E-state index is 14.6. The van der Waals surface area contributed by atoms with Crippen LogP contribution in [0.3, 0.4) is 0 Å². The van der Waals surface area contributed by atoms with Crippen molar-refractivity contribution in [3.05, 3.63) is 126 Å². The number of nitrogens with one attached hydrogen (secondary N) is 1. The van der Waals surface area contributed by atoms with Crippen molar-refractivity contribution in [2.45, 2.75) is 57.0 Å². The van der Waals surface area contributed by atoms with E-state index in [1.54, 1.807) is 37.4 Å². The zero-order chi connectivity index (χ0) is 32.9. The Morgan fingerprint density at radius 2 is 1.46 bits per heavy atom. The number of sulfonamides is 1. The van der Waals surface area contributed by atoms with E-state index >= 15 is 0 Å². The molecule has 0 saturated carbocycles. The van der Waals surface area contributed by atoms with Crippen molar-refractivity contribution in [1.82, 2.24) is 10.2 Å². The molecule has 2 amide bonds. The highest BCUT2D eigenvalue weighted by Crippen LogP contribution is 2.26. The summed E-state index contributed by atoms with van der Waals surface area (Å²) in [4.78, 5) is 30.0. The third-order valence-electron chi connectivity index (χ3n) is 7.83. The van der Waals surface area contributed by atoms with Crippen molar-refractivity contribution >= 4 is 27.5 Å². The molecule has 4 rings (SSSR count). The van der Waals surface area contributed by atoms with Crippen LogP contribution < -0.4 is 14.4 Å². The van der Waals surface area contributed by atoms with Crippen LogP contribution in [-0.2, 0) is 39.0 Å². The molecule has 0 aliphatic heterocycles. The first-order chi connectivity index (χ1) is 22.3. The SMILES string of the molecule is CCCCNC(=O)[C@@H](Cc1ccccc1)N(Cc1cccc(OC)c1)C(=O)CN(c1ccc(CC)cc1)S(=O)(=O)c1ccccc1. The van der Waals surface area contributed by atoms with Gasteiger partial charge in [0.15, 0.2) is 0 Å². The van der Waals surface area contributed by atoms with Crippen LogP contribution in [0.2, 0.25) is 0 Å². The lowest BCUT2D eigenvalue weighted by Crippen LogP contribution is -2.53. The van der Waals surface area contributed by atoms with Gasteiger partial charge in [0.05, 0.1) is 17.7 Å². The lowest BCUT2D eigenvalue weighted by atomic mass is 10.0. The van der Waals surface area contributed by atoms with Gasteiger partial charge >= 0.3 is 0 Å². The average molecular weight is 642 g/mol. The zero-order valence-electron chi connectivity index (χ0n) is 26.8. The number of amides is 2. The third-order valence-corrected chi connectivity index (χ3v) is 9.62. The molecule has 0 aliphatic carbocycles. The van der Waals surface area contributed by atoms with Crippen LogP contribution >= 0.6 is 0 Å². The first kappa shape index (κ1) is 34.2. The fraction of sp³-hybridized carbons (Fsp3) is 0.297. The molecule has 1 atom stereocenters. The number of ether oxygens (including phenoxy) is 1. The number of anilines is 1. The summed E-state index contributed by atoms with van der Waals surface area (Å²) in [6, 6.07) is 31.2. The summed E-state index contributed by atoms with van der Waals surface area (Å²) in [6.45, 7) is 4.11. The number of aryl methyl sites for hydroxylation is 1. The van der Waals surface area contributed by atoms with Crippen molar-refractivity contribution in [2.75, 3.05) is 24.5 Å². The van der Waals surface area contributed by atoms with Gasteiger partial charge in [0, 0.05) is 19.5 Å². The minimum absolute atomic E-state index is 0.0693. The van der Waals surface area contributed by atoms with Crippen LogP contribution in [0.5, 0.6) is 5.75 Å². The van der Waals surface area contributed by atoms with E-state index in [0.29, 0.717) is 18.0 Å². The van der Waals surface area contributed by atoms with Gasteiger partial charge < -0.3 is 15.0 Å². The van der Waals surface area contributed by atoms with E-state index < -0.39 is 28.5 Å². The van der Waals surface area contributed by atoms with E-state index in [0.717, 1.165) is 40.3 Å². The predicted molar refractivity (Wildman–Crippen MR) is 182 cm³/mol. The van der Waals surface area contributed by atoms with Gasteiger partial charge in [-0.25, -0.2) is 8.42 Å². The fourth-order valence-corrected chi connectivity index (χ4v) is 6.61. The van der Waals surface area contributed by atoms with Crippen molar-refractivity contribution in [3.8, 4) is 5.75 Å². The van der Waals surface area contributed by atoms with Crippen LogP contribution in [0.15, 0.2) is 114 Å². The average Bonchev–Trinajstić information content (AvgIpc) is 3.09. The second kappa shape index (κ2) is 16.6. The number of hydrogen-bond donors (Lipinski definition) is 1. The zero-order valence-corrected chi connectivity index (χ0v) is 27.6. The first-order valence-corrected chi connectivity index (χ1v) is 17.1. The Hall–Kier alpha value is -4.63. The van der Waals surface area contributed by atoms with Gasteiger partial charge in [-0.2, -0.15) is 0 Å². The summed E-state index contributed by atoms with van der Waals surface area (Å²) >= 11 is 0. The molecule has 0 fully saturated rings. The van der Waals surface area contributed by atoms with Gasteiger partial charge in [-0.15, -0.1) is 0 Å². The normalized spacial score (nSPS) is 11.8. The lowest BCUT2D eigenvalue weighted by Gasteiger charge is -2.34. The van der Waals surface area contributed by atoms with E-state index in [9.17, 15) is 18.0 Å². The van der Waals surface area contributed by atoms with Crippen molar-refractivity contribution in [2.24, 2.45) is 0 Å². The molecule has 0 spiro atoms. The van der Waals surface area contributed by atoms with E-state index in [2.05, 4.69) is 5.32 Å². The number of hydrogen-bond acceptors (Lipinski definition) is 5. The molecule has 0 aromatic heterocycles. The van der Waals surface area contributed by atoms with Crippen molar-refractivity contribution < 1.29 is 22.7 Å². The van der Waals surface area contributed by atoms with E-state index in [4.69, 9.17) is 4.74 Å². The fourth-order valence-electron chi connectivity index (χ4n) is 5.17. The largest absolute Gasteiger partial charge is 0.497 e. The molecular weight excluding hydrogens is 598 g/mol. The minimum Gasteiger partial charge on any atom is -0.497 e. The number of carbonyl (C=O) groups excluding carboxylic acids is 2. The topological polar surface area (TPSA) is 96.0 Å². The highest BCUT2D eigenvalue weighted by atomic mass is 32.2. The second-order valence-electron chi connectivity index (χ2n) is 11.1. The van der Waals surface area contributed by atoms with Crippen LogP contribution in [0.1, 0.15) is 43.4 Å². The number of rotatable bonds is 16. The highest BCUT2D eigenvalue weighted by molar-refractivity contribution is 7.92. The maximum absolute atomic E-state index is 14.6. The molecule has 0 heterocycles. The minimum atomic E-state index is -4.14. The Bertz CT molecular complexity index is 1660. The molecule has 0 saturated heterocycles. The molecule has 0 bridgehead atoms. The number of unbranched alkanes of at least 4 members (excludes halogenated alkanes) is 1. The summed E-state index contributed by atoms with van der Waals surface area (Å²) in [5.41, 5.74) is 3.03. The molecule has 0 aliphatic rings. The number of carbonyl (C=O) groups is 2. The Morgan fingerprint density at radius 3 is 2.09 bits per heavy atom. The lowest BCUT2D eigenvalue weighted by molar-refractivity contribution is -0.140. The molecule has 46 heavy (non-hydrogen) atoms. The molecule has 8 nitrogen and oxygen atoms in total. The van der Waals surface area contributed by atoms with Gasteiger partial charge in [-0.1, -0.05) is 93.1 Å². The number of benzene rings is 4. The van der Waals surface area contributed by atoms with Gasteiger partial charge in [0.25, 0.3) is 10.0 Å². The Balaban J connectivity index is 1.79. The van der Waals surface area contributed by atoms with E-state index in [1.165, 1.54) is 17.0 Å². The summed E-state index contributed by atoms with van der Waals surface area (Å²) in [7, 11) is -2.58. The van der Waals surface area contributed by atoms with Crippen molar-refractivity contribution in [1.29, 1.82) is 0 Å². The summed E-state index contributed by atoms with van der Waals surface area (Å²) in [6.07, 6.45) is 2.74. The Labute approximate surface area is 273 Å². The van der Waals surface area contributed by atoms with Gasteiger partial charge in [0.2, 0.25) is 11.8 Å². The van der Waals surface area contributed by atoms with Crippen LogP contribution in [0, 0.1) is 0 Å². The summed E-state index contributed by atoms with van der Waals surface area (Å²) < 4.78 is 34.8. The van der Waals surface area contributed by atoms with Crippen molar-refractivity contribution in [3.63, 3.8) is 0 Å². The molecule has 4 aromatic rings. The maximum Gasteiger partial charge on any atom is 0.264 e. The van der Waals surface area contributed by atoms with Gasteiger partial charge in [-0.05, 0) is 65.9 Å². The standard InChI is InChI=1S/C37H43N3O5S/c1-4-6-24-38-37(42)35(26-30-14-9-7-10-15-30)39(27-31-16-13-17-33(25-31)45-3)36(41)28-40(32-22-20-29(5-2)21-23-32)46(43,44)34-18-11-8-12-19-34/h7-23,25,35H,4-6,24,26-28H2,1-3H3,(H,38,42)/t35-/m1/s1. The van der Waals surface area contributed by atoms with Gasteiger partial charge in [0.1, 0.15) is 18.3 Å². The Kier molecular flexibility index (Phi) is 12.4. The van der Waals surface area contributed by atoms with Gasteiger partial charge in [-0.3, -0.25) is 13.9 Å². The monoisotopic (exact) mass is 641 g/mol. The summed E-state index contributed by atoms with van der Waals surface area (Å²) in [5.74, 6) is -0.187. The Morgan fingerprint density at radius 1 is 0.804 bits per heavy atom. The van der Waals surface area contributed by atoms with E-state index in [-0.39, 0.29) is 23.8 Å². The molecule has 242 valence electrons. The highest BCUT2D eigenvalue weighted by Gasteiger charge is 2.34. The predicted octanol–water partition coefficient (Wildman–Crippen LogP) is 6.01. The first-order valence-electron chi connectivity index (χ1n) is 15.7. The third kappa shape index (κ3) is 8.97. The summed E-state index contributed by atoms with van der Waals surface area (Å²) in [5, 5.41) is 3.01. The molecular formula is C37H43N3O5S. The van der Waals surface area contributed by atoms with E-state index in [1.807, 2.05) is 80.6 Å². The van der Waals surface area contributed by atoms with Crippen LogP contribution in [0.4, 0.5) is 5.69 Å². The van der Waals surface area contributed by atoms with Crippen LogP contribution in [-0.4, -0.2) is 51.4 Å².